The Labute approximate surface area is 80.3 Å². The summed E-state index contributed by atoms with van der Waals surface area (Å²) in [6.45, 7) is 0.626. The number of nitrogens with zero attached hydrogens (tertiary/aromatic N) is 2. The largest absolute Gasteiger partial charge is 0.356 e. The van der Waals surface area contributed by atoms with Crippen LogP contribution in [0.5, 0.6) is 0 Å². The lowest BCUT2D eigenvalue weighted by Crippen LogP contribution is -2.23. The van der Waals surface area contributed by atoms with E-state index in [1.807, 2.05) is 0 Å². The average Bonchev–Trinajstić information content (AvgIpc) is 2.46. The van der Waals surface area contributed by atoms with Crippen molar-refractivity contribution in [1.82, 2.24) is 20.1 Å². The van der Waals surface area contributed by atoms with Crippen molar-refractivity contribution in [2.24, 2.45) is 0 Å². The van der Waals surface area contributed by atoms with Gasteiger partial charge in [0.25, 0.3) is 0 Å². The van der Waals surface area contributed by atoms with E-state index in [9.17, 15) is 9.59 Å². The van der Waals surface area contributed by atoms with Gasteiger partial charge in [-0.25, -0.2) is 9.89 Å². The molecule has 0 spiro atoms. The normalized spacial score (nSPS) is 22.9. The molecule has 0 aromatic carbocycles. The molecule has 1 fully saturated rings. The number of carbonyl (C=O) groups is 1. The molecule has 1 saturated heterocycles. The Hall–Kier alpha value is -1.59. The second-order valence-electron chi connectivity index (χ2n) is 3.40. The first-order chi connectivity index (χ1) is 6.77. The van der Waals surface area contributed by atoms with Crippen molar-refractivity contribution >= 4 is 5.91 Å². The number of hydrogen-bond acceptors (Lipinski definition) is 3. The van der Waals surface area contributed by atoms with Gasteiger partial charge in [-0.05, 0) is 12.8 Å². The quantitative estimate of drug-likeness (QED) is 0.630. The zero-order chi connectivity index (χ0) is 9.97. The number of H-pyrrole nitrogens is 1. The average molecular weight is 196 g/mol. The van der Waals surface area contributed by atoms with Crippen molar-refractivity contribution in [1.29, 1.82) is 0 Å². The summed E-state index contributed by atoms with van der Waals surface area (Å²) in [6.07, 6.45) is 3.45. The standard InChI is InChI=1S/C8H12N4O2/c13-7-2-1-6(3-4-9-7)12-5-10-11-8(12)14/h5-6H,1-4H2,(H,9,13)(H,11,14). The number of nitrogens with one attached hydrogen (secondary N) is 2. The van der Waals surface area contributed by atoms with Crippen molar-refractivity contribution < 1.29 is 4.79 Å². The highest BCUT2D eigenvalue weighted by Gasteiger charge is 2.18. The van der Waals surface area contributed by atoms with Gasteiger partial charge < -0.3 is 5.32 Å². The first-order valence-corrected chi connectivity index (χ1v) is 4.65. The van der Waals surface area contributed by atoms with Crippen molar-refractivity contribution in [3.05, 3.63) is 16.8 Å². The fourth-order valence-electron chi connectivity index (χ4n) is 1.70. The SMILES string of the molecule is O=C1CCC(n2cn[nH]c2=O)CCN1. The third kappa shape index (κ3) is 1.68. The van der Waals surface area contributed by atoms with Crippen LogP contribution in [0.2, 0.25) is 0 Å². The van der Waals surface area contributed by atoms with Gasteiger partial charge >= 0.3 is 5.69 Å². The van der Waals surface area contributed by atoms with Crippen LogP contribution in [0.25, 0.3) is 0 Å². The molecule has 76 valence electrons. The Morgan fingerprint density at radius 3 is 3.00 bits per heavy atom. The van der Waals surface area contributed by atoms with Crippen LogP contribution in [-0.2, 0) is 4.79 Å². The number of carbonyl (C=O) groups excluding carboxylic acids is 1. The van der Waals surface area contributed by atoms with Crippen LogP contribution in [0.1, 0.15) is 25.3 Å². The van der Waals surface area contributed by atoms with Crippen LogP contribution in [-0.4, -0.2) is 27.2 Å². The summed E-state index contributed by atoms with van der Waals surface area (Å²) in [5, 5.41) is 8.79. The Morgan fingerprint density at radius 2 is 2.29 bits per heavy atom. The molecule has 2 rings (SSSR count). The van der Waals surface area contributed by atoms with Gasteiger partial charge in [-0.15, -0.1) is 0 Å². The molecule has 1 aromatic rings. The first-order valence-electron chi connectivity index (χ1n) is 4.65. The molecular formula is C8H12N4O2. The lowest BCUT2D eigenvalue weighted by molar-refractivity contribution is -0.120. The van der Waals surface area contributed by atoms with Crippen molar-refractivity contribution in [3.8, 4) is 0 Å². The van der Waals surface area contributed by atoms with Gasteiger partial charge in [0, 0.05) is 19.0 Å². The minimum Gasteiger partial charge on any atom is -0.356 e. The van der Waals surface area contributed by atoms with E-state index in [1.54, 1.807) is 4.57 Å². The van der Waals surface area contributed by atoms with Gasteiger partial charge in [-0.2, -0.15) is 5.10 Å². The number of rotatable bonds is 1. The van der Waals surface area contributed by atoms with Gasteiger partial charge in [-0.1, -0.05) is 0 Å². The monoisotopic (exact) mass is 196 g/mol. The molecule has 6 heteroatoms. The number of aromatic nitrogens is 3. The minimum absolute atomic E-state index is 0.0593. The number of aromatic amines is 1. The van der Waals surface area contributed by atoms with Crippen LogP contribution in [0.3, 0.4) is 0 Å². The predicted octanol–water partition coefficient (Wildman–Crippen LogP) is -0.587. The number of hydrogen-bond donors (Lipinski definition) is 2. The molecule has 2 N–H and O–H groups in total. The number of amides is 1. The molecule has 1 aliphatic heterocycles. The van der Waals surface area contributed by atoms with E-state index in [2.05, 4.69) is 15.5 Å². The van der Waals surface area contributed by atoms with E-state index < -0.39 is 0 Å². The Balaban J connectivity index is 2.15. The zero-order valence-corrected chi connectivity index (χ0v) is 7.69. The highest BCUT2D eigenvalue weighted by atomic mass is 16.2. The molecule has 1 aromatic heterocycles. The molecule has 1 amide bonds. The van der Waals surface area contributed by atoms with Crippen LogP contribution >= 0.6 is 0 Å². The van der Waals surface area contributed by atoms with E-state index in [0.717, 1.165) is 6.42 Å². The highest BCUT2D eigenvalue weighted by Crippen LogP contribution is 2.17. The summed E-state index contributed by atoms with van der Waals surface area (Å²) in [5.74, 6) is 0.0593. The third-order valence-electron chi connectivity index (χ3n) is 2.47. The Kier molecular flexibility index (Phi) is 2.34. The molecule has 1 unspecified atom stereocenters. The maximum Gasteiger partial charge on any atom is 0.343 e. The minimum atomic E-state index is -0.204. The molecule has 0 saturated carbocycles. The molecule has 0 radical (unpaired) electrons. The maximum absolute atomic E-state index is 11.3. The van der Waals surface area contributed by atoms with Crippen molar-refractivity contribution in [3.63, 3.8) is 0 Å². The molecule has 1 aliphatic rings. The van der Waals surface area contributed by atoms with Crippen molar-refractivity contribution in [2.75, 3.05) is 6.54 Å². The van der Waals surface area contributed by atoms with Crippen LogP contribution in [0.15, 0.2) is 11.1 Å². The molecule has 2 heterocycles. The third-order valence-corrected chi connectivity index (χ3v) is 2.47. The second-order valence-corrected chi connectivity index (χ2v) is 3.40. The molecular weight excluding hydrogens is 184 g/mol. The fourth-order valence-corrected chi connectivity index (χ4v) is 1.70. The summed E-state index contributed by atoms with van der Waals surface area (Å²) < 4.78 is 1.56. The molecule has 1 atom stereocenters. The van der Waals surface area contributed by atoms with E-state index in [1.165, 1.54) is 6.33 Å². The molecule has 6 nitrogen and oxygen atoms in total. The molecule has 14 heavy (non-hydrogen) atoms. The van der Waals surface area contributed by atoms with Gasteiger partial charge in [0.2, 0.25) is 5.91 Å². The fraction of sp³-hybridized carbons (Fsp3) is 0.625. The van der Waals surface area contributed by atoms with E-state index in [4.69, 9.17) is 0 Å². The smallest absolute Gasteiger partial charge is 0.343 e. The predicted molar refractivity (Wildman–Crippen MR) is 48.7 cm³/mol. The van der Waals surface area contributed by atoms with Gasteiger partial charge in [0.05, 0.1) is 0 Å². The summed E-state index contributed by atoms with van der Waals surface area (Å²) >= 11 is 0. The summed E-state index contributed by atoms with van der Waals surface area (Å²) in [4.78, 5) is 22.3. The lowest BCUT2D eigenvalue weighted by atomic mass is 10.1. The van der Waals surface area contributed by atoms with Gasteiger partial charge in [0.15, 0.2) is 0 Å². The van der Waals surface area contributed by atoms with Crippen LogP contribution in [0.4, 0.5) is 0 Å². The first kappa shape index (κ1) is 8.98. The van der Waals surface area contributed by atoms with Gasteiger partial charge in [0.1, 0.15) is 6.33 Å². The summed E-state index contributed by atoms with van der Waals surface area (Å²) in [6, 6.07) is 0.0835. The maximum atomic E-state index is 11.3. The molecule has 0 aliphatic carbocycles. The summed E-state index contributed by atoms with van der Waals surface area (Å²) in [7, 11) is 0. The highest BCUT2D eigenvalue weighted by molar-refractivity contribution is 5.76. The van der Waals surface area contributed by atoms with Crippen LogP contribution in [0, 0.1) is 0 Å². The topological polar surface area (TPSA) is 79.8 Å². The Bertz CT molecular complexity index is 381. The molecule has 0 bridgehead atoms. The van der Waals surface area contributed by atoms with E-state index in [-0.39, 0.29) is 17.6 Å². The van der Waals surface area contributed by atoms with Gasteiger partial charge in [-0.3, -0.25) is 9.36 Å². The van der Waals surface area contributed by atoms with Crippen LogP contribution < -0.4 is 11.0 Å². The lowest BCUT2D eigenvalue weighted by Gasteiger charge is -2.12. The summed E-state index contributed by atoms with van der Waals surface area (Å²) in [5.41, 5.74) is -0.204. The Morgan fingerprint density at radius 1 is 1.43 bits per heavy atom. The van der Waals surface area contributed by atoms with Crippen molar-refractivity contribution in [2.45, 2.75) is 25.3 Å². The van der Waals surface area contributed by atoms with E-state index >= 15 is 0 Å². The second kappa shape index (κ2) is 3.65. The zero-order valence-electron chi connectivity index (χ0n) is 7.69. The van der Waals surface area contributed by atoms with E-state index in [0.29, 0.717) is 19.4 Å².